The summed E-state index contributed by atoms with van der Waals surface area (Å²) in [5.74, 6) is 3.98. The van der Waals surface area contributed by atoms with Crippen LogP contribution in [-0.2, 0) is 14.4 Å². The van der Waals surface area contributed by atoms with Crippen molar-refractivity contribution in [2.45, 2.75) is 44.7 Å². The minimum atomic E-state index is -0.851. The largest absolute Gasteiger partial charge is 0.393 e. The summed E-state index contributed by atoms with van der Waals surface area (Å²) in [6.45, 7) is 3.48. The van der Waals surface area contributed by atoms with Crippen LogP contribution in [0.1, 0.15) is 26.7 Å². The van der Waals surface area contributed by atoms with Gasteiger partial charge in [0.15, 0.2) is 0 Å². The fraction of sp³-hybridized carbons (Fsp3) is 0.889. The number of aliphatic hydroxyl groups is 1. The summed E-state index contributed by atoms with van der Waals surface area (Å²) >= 11 is 0. The molecule has 1 amide bonds. The zero-order valence-corrected chi connectivity index (χ0v) is 8.97. The van der Waals surface area contributed by atoms with Gasteiger partial charge in [-0.15, -0.1) is 0 Å². The molecule has 0 spiro atoms. The summed E-state index contributed by atoms with van der Waals surface area (Å²) in [6, 6.07) is 0. The number of hydrogen-bond donors (Lipinski definition) is 3. The van der Waals surface area contributed by atoms with Gasteiger partial charge in [-0.2, -0.15) is 0 Å². The second-order valence-corrected chi connectivity index (χ2v) is 3.93. The van der Waals surface area contributed by atoms with E-state index in [1.165, 1.54) is 0 Å². The van der Waals surface area contributed by atoms with Gasteiger partial charge in [-0.1, -0.05) is 13.8 Å². The van der Waals surface area contributed by atoms with E-state index in [1.54, 1.807) is 6.92 Å². The number of epoxide rings is 1. The summed E-state index contributed by atoms with van der Waals surface area (Å²) in [5.41, 5.74) is 4.35. The first-order valence-electron chi connectivity index (χ1n) is 4.98. The fourth-order valence-electron chi connectivity index (χ4n) is 1.69. The third-order valence-electron chi connectivity index (χ3n) is 2.98. The highest BCUT2D eigenvalue weighted by molar-refractivity contribution is 5.78. The van der Waals surface area contributed by atoms with Crippen LogP contribution >= 0.6 is 0 Å². The molecule has 5 N–H and O–H groups in total. The molecule has 0 aromatic carbocycles. The van der Waals surface area contributed by atoms with Gasteiger partial charge in [-0.3, -0.25) is 9.63 Å². The maximum atomic E-state index is 11.1. The summed E-state index contributed by atoms with van der Waals surface area (Å²) in [5, 5.41) is 9.55. The van der Waals surface area contributed by atoms with E-state index in [2.05, 4.69) is 4.84 Å². The van der Waals surface area contributed by atoms with Gasteiger partial charge < -0.3 is 15.6 Å². The van der Waals surface area contributed by atoms with Crippen molar-refractivity contribution in [3.63, 3.8) is 0 Å². The summed E-state index contributed by atoms with van der Waals surface area (Å²) in [4.78, 5) is 15.6. The third kappa shape index (κ3) is 2.28. The molecule has 1 fully saturated rings. The second-order valence-electron chi connectivity index (χ2n) is 3.93. The van der Waals surface area contributed by atoms with Crippen molar-refractivity contribution < 1.29 is 19.5 Å². The number of carbonyl (C=O) groups is 1. The number of carbonyl (C=O) groups excluding carboxylic acids is 1. The molecule has 1 saturated heterocycles. The van der Waals surface area contributed by atoms with Crippen LogP contribution in [0.25, 0.3) is 0 Å². The van der Waals surface area contributed by atoms with Gasteiger partial charge in [0, 0.05) is 6.42 Å². The molecule has 1 aliphatic rings. The highest BCUT2D eigenvalue weighted by Crippen LogP contribution is 2.47. The first-order valence-corrected chi connectivity index (χ1v) is 4.98. The van der Waals surface area contributed by atoms with Crippen LogP contribution in [0, 0.1) is 5.92 Å². The predicted octanol–water partition coefficient (Wildman–Crippen LogP) is -0.746. The number of ether oxygens (including phenoxy) is 1. The van der Waals surface area contributed by atoms with Gasteiger partial charge in [0.2, 0.25) is 12.2 Å². The third-order valence-corrected chi connectivity index (χ3v) is 2.98. The summed E-state index contributed by atoms with van der Waals surface area (Å²) in [6.07, 6.45) is -0.322. The monoisotopic (exact) mass is 218 g/mol. The highest BCUT2D eigenvalue weighted by Gasteiger charge is 2.63. The van der Waals surface area contributed by atoms with Crippen LogP contribution in [0.15, 0.2) is 0 Å². The Morgan fingerprint density at radius 2 is 2.33 bits per heavy atom. The van der Waals surface area contributed by atoms with E-state index in [9.17, 15) is 9.90 Å². The lowest BCUT2D eigenvalue weighted by Crippen LogP contribution is -2.39. The van der Waals surface area contributed by atoms with Gasteiger partial charge in [0.1, 0.15) is 5.60 Å². The van der Waals surface area contributed by atoms with Crippen molar-refractivity contribution in [2.75, 3.05) is 0 Å². The van der Waals surface area contributed by atoms with Crippen molar-refractivity contribution in [3.8, 4) is 0 Å². The lowest BCUT2D eigenvalue weighted by Gasteiger charge is -2.20. The predicted molar refractivity (Wildman–Crippen MR) is 52.1 cm³/mol. The van der Waals surface area contributed by atoms with E-state index >= 15 is 0 Å². The Morgan fingerprint density at radius 1 is 1.73 bits per heavy atom. The minimum absolute atomic E-state index is 0.301. The Balaban J connectivity index is 2.69. The fourth-order valence-corrected chi connectivity index (χ4v) is 1.69. The SMILES string of the molecule is CCC(O)CC1(C(C)C(N)=O)OC1ON. The normalized spacial score (nSPS) is 33.5. The van der Waals surface area contributed by atoms with Gasteiger partial charge in [0.25, 0.3) is 0 Å². The Bertz CT molecular complexity index is 248. The second kappa shape index (κ2) is 4.44. The smallest absolute Gasteiger partial charge is 0.223 e. The van der Waals surface area contributed by atoms with E-state index in [0.29, 0.717) is 12.8 Å². The minimum Gasteiger partial charge on any atom is -0.393 e. The standard InChI is InChI=1S/C9H18N2O4/c1-3-6(12)4-9(5(2)7(10)13)8(14-9)15-11/h5-6,8,12H,3-4,11H2,1-2H3,(H2,10,13). The van der Waals surface area contributed by atoms with E-state index in [1.807, 2.05) is 6.92 Å². The van der Waals surface area contributed by atoms with Crippen LogP contribution in [-0.4, -0.2) is 29.0 Å². The number of aliphatic hydroxyl groups excluding tert-OH is 1. The molecule has 6 heteroatoms. The molecule has 6 nitrogen and oxygen atoms in total. The average Bonchev–Trinajstić information content (AvgIpc) is 2.91. The number of hydrogen-bond acceptors (Lipinski definition) is 5. The van der Waals surface area contributed by atoms with Gasteiger partial charge >= 0.3 is 0 Å². The maximum absolute atomic E-state index is 11.1. The van der Waals surface area contributed by atoms with Gasteiger partial charge in [-0.05, 0) is 6.42 Å². The molecule has 0 aromatic rings. The zero-order chi connectivity index (χ0) is 11.6. The summed E-state index contributed by atoms with van der Waals surface area (Å²) in [7, 11) is 0. The molecule has 4 atom stereocenters. The topological polar surface area (TPSA) is 111 Å². The van der Waals surface area contributed by atoms with Crippen LogP contribution in [0.5, 0.6) is 0 Å². The van der Waals surface area contributed by atoms with Crippen molar-refractivity contribution in [1.29, 1.82) is 0 Å². The van der Waals surface area contributed by atoms with Crippen molar-refractivity contribution in [3.05, 3.63) is 0 Å². The molecular formula is C9H18N2O4. The van der Waals surface area contributed by atoms with E-state index < -0.39 is 29.8 Å². The van der Waals surface area contributed by atoms with E-state index in [4.69, 9.17) is 16.4 Å². The van der Waals surface area contributed by atoms with Crippen molar-refractivity contribution >= 4 is 5.91 Å². The molecule has 15 heavy (non-hydrogen) atoms. The number of primary amides is 1. The highest BCUT2D eigenvalue weighted by atomic mass is 16.8. The van der Waals surface area contributed by atoms with Crippen LogP contribution < -0.4 is 11.6 Å². The number of nitrogens with two attached hydrogens (primary N) is 2. The molecule has 0 bridgehead atoms. The maximum Gasteiger partial charge on any atom is 0.223 e. The molecule has 0 aromatic heterocycles. The van der Waals surface area contributed by atoms with Gasteiger partial charge in [-0.25, -0.2) is 5.90 Å². The first-order chi connectivity index (χ1) is 6.97. The lowest BCUT2D eigenvalue weighted by atomic mass is 9.87. The molecule has 4 unspecified atom stereocenters. The van der Waals surface area contributed by atoms with Crippen LogP contribution in [0.4, 0.5) is 0 Å². The quantitative estimate of drug-likeness (QED) is 0.401. The number of rotatable bonds is 6. The molecule has 1 rings (SSSR count). The Labute approximate surface area is 88.5 Å². The molecule has 88 valence electrons. The van der Waals surface area contributed by atoms with Crippen LogP contribution in [0.3, 0.4) is 0 Å². The molecule has 0 radical (unpaired) electrons. The molecule has 0 aliphatic carbocycles. The lowest BCUT2D eigenvalue weighted by molar-refractivity contribution is -0.123. The Kier molecular flexibility index (Phi) is 3.67. The zero-order valence-electron chi connectivity index (χ0n) is 8.97. The average molecular weight is 218 g/mol. The molecule has 1 aliphatic heterocycles. The molecule has 1 heterocycles. The Hall–Kier alpha value is -0.690. The first kappa shape index (κ1) is 12.4. The van der Waals surface area contributed by atoms with Crippen molar-refractivity contribution in [1.82, 2.24) is 0 Å². The number of amides is 1. The van der Waals surface area contributed by atoms with E-state index in [-0.39, 0.29) is 0 Å². The van der Waals surface area contributed by atoms with E-state index in [0.717, 1.165) is 0 Å². The Morgan fingerprint density at radius 3 is 2.67 bits per heavy atom. The van der Waals surface area contributed by atoms with Crippen molar-refractivity contribution in [2.24, 2.45) is 17.5 Å². The van der Waals surface area contributed by atoms with Gasteiger partial charge in [0.05, 0.1) is 12.0 Å². The molecular weight excluding hydrogens is 200 g/mol. The molecule has 0 saturated carbocycles. The van der Waals surface area contributed by atoms with Crippen LogP contribution in [0.2, 0.25) is 0 Å². The summed E-state index contributed by atoms with van der Waals surface area (Å²) < 4.78 is 5.24.